The van der Waals surface area contributed by atoms with E-state index in [-0.39, 0.29) is 24.0 Å². The highest BCUT2D eigenvalue weighted by Gasteiger charge is 2.06. The number of hydrogen-bond donors (Lipinski definition) is 2. The number of halogens is 1. The number of aryl methyl sites for hydroxylation is 2. The van der Waals surface area contributed by atoms with Crippen LogP contribution in [0, 0.1) is 13.8 Å². The van der Waals surface area contributed by atoms with Crippen LogP contribution in [0.1, 0.15) is 21.7 Å². The Morgan fingerprint density at radius 1 is 1.26 bits per heavy atom. The molecule has 7 heteroatoms. The SMILES string of the molecule is CN=C(NCc1ccc(C)cc1OC)NCc1scnc1C.I. The molecule has 0 aliphatic carbocycles. The summed E-state index contributed by atoms with van der Waals surface area (Å²) in [6.07, 6.45) is 0. The number of benzene rings is 1. The molecule has 0 radical (unpaired) electrons. The minimum absolute atomic E-state index is 0. The zero-order valence-electron chi connectivity index (χ0n) is 13.8. The summed E-state index contributed by atoms with van der Waals surface area (Å²) >= 11 is 1.65. The van der Waals surface area contributed by atoms with E-state index >= 15 is 0 Å². The Bertz CT molecular complexity index is 657. The number of guanidine groups is 1. The molecule has 1 aromatic heterocycles. The molecule has 126 valence electrons. The molecule has 0 aliphatic heterocycles. The molecule has 2 aromatic rings. The van der Waals surface area contributed by atoms with Crippen molar-refractivity contribution in [2.45, 2.75) is 26.9 Å². The lowest BCUT2D eigenvalue weighted by Gasteiger charge is -2.14. The van der Waals surface area contributed by atoms with Gasteiger partial charge in [-0.15, -0.1) is 35.3 Å². The third-order valence-electron chi connectivity index (χ3n) is 3.37. The van der Waals surface area contributed by atoms with Gasteiger partial charge in [0.25, 0.3) is 0 Å². The highest BCUT2D eigenvalue weighted by Crippen LogP contribution is 2.19. The third-order valence-corrected chi connectivity index (χ3v) is 4.31. The van der Waals surface area contributed by atoms with Crippen molar-refractivity contribution >= 4 is 41.3 Å². The zero-order valence-corrected chi connectivity index (χ0v) is 17.0. The van der Waals surface area contributed by atoms with Crippen molar-refractivity contribution in [3.8, 4) is 5.75 Å². The summed E-state index contributed by atoms with van der Waals surface area (Å²) in [4.78, 5) is 9.71. The summed E-state index contributed by atoms with van der Waals surface area (Å²) in [6.45, 7) is 5.45. The summed E-state index contributed by atoms with van der Waals surface area (Å²) in [7, 11) is 3.46. The Kier molecular flexibility index (Phi) is 8.32. The first kappa shape index (κ1) is 19.7. The van der Waals surface area contributed by atoms with Gasteiger partial charge in [0.1, 0.15) is 5.75 Å². The van der Waals surface area contributed by atoms with E-state index in [4.69, 9.17) is 4.74 Å². The molecule has 1 heterocycles. The Morgan fingerprint density at radius 2 is 2.00 bits per heavy atom. The van der Waals surface area contributed by atoms with E-state index in [1.807, 2.05) is 18.5 Å². The smallest absolute Gasteiger partial charge is 0.191 e. The topological polar surface area (TPSA) is 58.5 Å². The molecule has 0 atom stereocenters. The van der Waals surface area contributed by atoms with Crippen LogP contribution < -0.4 is 15.4 Å². The minimum Gasteiger partial charge on any atom is -0.496 e. The Hall–Kier alpha value is -1.35. The molecule has 2 rings (SSSR count). The summed E-state index contributed by atoms with van der Waals surface area (Å²) in [5.41, 5.74) is 5.21. The van der Waals surface area contributed by atoms with Crippen molar-refractivity contribution in [3.63, 3.8) is 0 Å². The van der Waals surface area contributed by atoms with Crippen LogP contribution in [0.15, 0.2) is 28.7 Å². The zero-order chi connectivity index (χ0) is 15.9. The van der Waals surface area contributed by atoms with Gasteiger partial charge in [0.2, 0.25) is 0 Å². The van der Waals surface area contributed by atoms with Gasteiger partial charge in [-0.25, -0.2) is 4.98 Å². The highest BCUT2D eigenvalue weighted by atomic mass is 127. The molecule has 0 aliphatic rings. The monoisotopic (exact) mass is 446 g/mol. The molecule has 0 saturated heterocycles. The quantitative estimate of drug-likeness (QED) is 0.421. The maximum atomic E-state index is 5.42. The van der Waals surface area contributed by atoms with E-state index in [0.717, 1.165) is 29.5 Å². The first-order valence-corrected chi connectivity index (χ1v) is 7.99. The first-order valence-electron chi connectivity index (χ1n) is 7.11. The van der Waals surface area contributed by atoms with Crippen molar-refractivity contribution in [3.05, 3.63) is 45.4 Å². The predicted molar refractivity (Wildman–Crippen MR) is 107 cm³/mol. The summed E-state index contributed by atoms with van der Waals surface area (Å²) in [6, 6.07) is 6.19. The van der Waals surface area contributed by atoms with Gasteiger partial charge in [0.15, 0.2) is 5.96 Å². The van der Waals surface area contributed by atoms with Gasteiger partial charge in [-0.05, 0) is 25.5 Å². The van der Waals surface area contributed by atoms with Gasteiger partial charge in [0.05, 0.1) is 24.9 Å². The molecule has 2 N–H and O–H groups in total. The number of nitrogens with zero attached hydrogens (tertiary/aromatic N) is 2. The van der Waals surface area contributed by atoms with Crippen LogP contribution in [-0.2, 0) is 13.1 Å². The lowest BCUT2D eigenvalue weighted by atomic mass is 10.1. The van der Waals surface area contributed by atoms with E-state index in [1.54, 1.807) is 25.5 Å². The number of hydrogen-bond acceptors (Lipinski definition) is 4. The second-order valence-electron chi connectivity index (χ2n) is 4.96. The largest absolute Gasteiger partial charge is 0.496 e. The average Bonchev–Trinajstić information content (AvgIpc) is 2.93. The van der Waals surface area contributed by atoms with E-state index in [1.165, 1.54) is 10.4 Å². The highest BCUT2D eigenvalue weighted by molar-refractivity contribution is 14.0. The van der Waals surface area contributed by atoms with E-state index in [2.05, 4.69) is 39.7 Å². The number of ether oxygens (including phenoxy) is 1. The molecule has 0 saturated carbocycles. The molecule has 23 heavy (non-hydrogen) atoms. The Balaban J connectivity index is 0.00000264. The minimum atomic E-state index is 0. The average molecular weight is 446 g/mol. The van der Waals surface area contributed by atoms with Crippen molar-refractivity contribution in [1.29, 1.82) is 0 Å². The second-order valence-corrected chi connectivity index (χ2v) is 5.89. The molecule has 0 spiro atoms. The van der Waals surface area contributed by atoms with Crippen LogP contribution in [0.5, 0.6) is 5.75 Å². The summed E-state index contributed by atoms with van der Waals surface area (Å²) in [5.74, 6) is 1.65. The Morgan fingerprint density at radius 3 is 2.61 bits per heavy atom. The molecule has 1 aromatic carbocycles. The lowest BCUT2D eigenvalue weighted by Crippen LogP contribution is -2.36. The van der Waals surface area contributed by atoms with E-state index < -0.39 is 0 Å². The maximum absolute atomic E-state index is 5.42. The van der Waals surface area contributed by atoms with Gasteiger partial charge in [-0.2, -0.15) is 0 Å². The molecule has 0 bridgehead atoms. The number of aliphatic imine (C=N–C) groups is 1. The van der Waals surface area contributed by atoms with E-state index in [0.29, 0.717) is 6.54 Å². The van der Waals surface area contributed by atoms with Crippen LogP contribution in [0.25, 0.3) is 0 Å². The molecular formula is C16H23IN4OS. The van der Waals surface area contributed by atoms with Crippen molar-refractivity contribution in [2.24, 2.45) is 4.99 Å². The molecule has 0 fully saturated rings. The van der Waals surface area contributed by atoms with Gasteiger partial charge >= 0.3 is 0 Å². The Labute approximate surface area is 158 Å². The summed E-state index contributed by atoms with van der Waals surface area (Å²) < 4.78 is 5.42. The maximum Gasteiger partial charge on any atom is 0.191 e. The number of methoxy groups -OCH3 is 1. The fraction of sp³-hybridized carbons (Fsp3) is 0.375. The molecular weight excluding hydrogens is 423 g/mol. The first-order chi connectivity index (χ1) is 10.6. The van der Waals surface area contributed by atoms with Crippen LogP contribution in [0.4, 0.5) is 0 Å². The van der Waals surface area contributed by atoms with Gasteiger partial charge < -0.3 is 15.4 Å². The van der Waals surface area contributed by atoms with Crippen molar-refractivity contribution in [1.82, 2.24) is 15.6 Å². The lowest BCUT2D eigenvalue weighted by molar-refractivity contribution is 0.408. The number of nitrogens with one attached hydrogen (secondary N) is 2. The standard InChI is InChI=1S/C16H22N4OS.HI/c1-11-5-6-13(14(7-11)21-4)8-18-16(17-3)19-9-15-12(2)20-10-22-15;/h5-7,10H,8-9H2,1-4H3,(H2,17,18,19);1H. The number of thiazole rings is 1. The van der Waals surface area contributed by atoms with Gasteiger partial charge in [-0.1, -0.05) is 12.1 Å². The number of aromatic nitrogens is 1. The van der Waals surface area contributed by atoms with Gasteiger partial charge in [0, 0.05) is 24.0 Å². The van der Waals surface area contributed by atoms with Crippen molar-refractivity contribution in [2.75, 3.05) is 14.2 Å². The van der Waals surface area contributed by atoms with Crippen LogP contribution in [0.2, 0.25) is 0 Å². The van der Waals surface area contributed by atoms with Crippen LogP contribution in [0.3, 0.4) is 0 Å². The molecule has 0 unspecified atom stereocenters. The van der Waals surface area contributed by atoms with Crippen molar-refractivity contribution < 1.29 is 4.74 Å². The van der Waals surface area contributed by atoms with Gasteiger partial charge in [-0.3, -0.25) is 4.99 Å². The second kappa shape index (κ2) is 9.71. The third kappa shape index (κ3) is 5.65. The van der Waals surface area contributed by atoms with Crippen LogP contribution >= 0.6 is 35.3 Å². The van der Waals surface area contributed by atoms with E-state index in [9.17, 15) is 0 Å². The predicted octanol–water partition coefficient (Wildman–Crippen LogP) is 3.25. The fourth-order valence-corrected chi connectivity index (χ4v) is 2.77. The van der Waals surface area contributed by atoms with Crippen LogP contribution in [-0.4, -0.2) is 25.1 Å². The summed E-state index contributed by atoms with van der Waals surface area (Å²) in [5, 5.41) is 6.61. The fourth-order valence-electron chi connectivity index (χ4n) is 2.06. The normalized spacial score (nSPS) is 10.9. The molecule has 5 nitrogen and oxygen atoms in total. The number of rotatable bonds is 5. The molecule has 0 amide bonds.